The Bertz CT molecular complexity index is 386. The molecule has 0 radical (unpaired) electrons. The van der Waals surface area contributed by atoms with Crippen molar-refractivity contribution in [2.45, 2.75) is 33.6 Å². The molecule has 0 unspecified atom stereocenters. The normalized spacial score (nSPS) is 21.0. The van der Waals surface area contributed by atoms with Gasteiger partial charge in [0.15, 0.2) is 7.28 Å². The van der Waals surface area contributed by atoms with E-state index in [4.69, 9.17) is 0 Å². The zero-order valence-electron chi connectivity index (χ0n) is 10.1. The molecular formula is C14H19B. The van der Waals surface area contributed by atoms with Gasteiger partial charge in [0.1, 0.15) is 0 Å². The molecule has 1 aliphatic carbocycles. The molecule has 0 aromatic rings. The van der Waals surface area contributed by atoms with Crippen molar-refractivity contribution in [3.05, 3.63) is 46.9 Å². The molecule has 1 heterocycles. The van der Waals surface area contributed by atoms with Crippen LogP contribution in [-0.2, 0) is 0 Å². The van der Waals surface area contributed by atoms with Crippen molar-refractivity contribution < 1.29 is 0 Å². The van der Waals surface area contributed by atoms with Crippen molar-refractivity contribution in [3.8, 4) is 0 Å². The van der Waals surface area contributed by atoms with Crippen LogP contribution in [0.25, 0.3) is 0 Å². The number of fused-ring (bicyclic) bond motifs is 1. The molecule has 0 atom stereocenters. The summed E-state index contributed by atoms with van der Waals surface area (Å²) in [6, 6.07) is 0. The van der Waals surface area contributed by atoms with Crippen molar-refractivity contribution in [2.75, 3.05) is 0 Å². The van der Waals surface area contributed by atoms with E-state index in [2.05, 4.69) is 45.5 Å². The van der Waals surface area contributed by atoms with Gasteiger partial charge in [0.05, 0.1) is 0 Å². The fraction of sp³-hybridized carbons (Fsp3) is 0.429. The lowest BCUT2D eigenvalue weighted by atomic mass is 9.55. The lowest BCUT2D eigenvalue weighted by Crippen LogP contribution is -2.20. The fourth-order valence-corrected chi connectivity index (χ4v) is 2.48. The third-order valence-electron chi connectivity index (χ3n) is 3.24. The quantitative estimate of drug-likeness (QED) is 0.522. The Kier molecular flexibility index (Phi) is 2.50. The summed E-state index contributed by atoms with van der Waals surface area (Å²) in [5.74, 6) is 2.36. The highest BCUT2D eigenvalue weighted by molar-refractivity contribution is 6.54. The minimum atomic E-state index is 0.223. The van der Waals surface area contributed by atoms with Crippen LogP contribution >= 0.6 is 0 Å². The Morgan fingerprint density at radius 3 is 2.53 bits per heavy atom. The molecule has 1 aliphatic heterocycles. The maximum absolute atomic E-state index is 4.27. The summed E-state index contributed by atoms with van der Waals surface area (Å²) >= 11 is 0. The molecule has 2 rings (SSSR count). The van der Waals surface area contributed by atoms with Crippen molar-refractivity contribution >= 4 is 7.28 Å². The highest BCUT2D eigenvalue weighted by Gasteiger charge is 2.26. The first-order valence-corrected chi connectivity index (χ1v) is 5.80. The lowest BCUT2D eigenvalue weighted by molar-refractivity contribution is 0.512. The predicted molar refractivity (Wildman–Crippen MR) is 69.2 cm³/mol. The molecule has 0 nitrogen and oxygen atoms in total. The minimum absolute atomic E-state index is 0.223. The maximum atomic E-state index is 4.27. The van der Waals surface area contributed by atoms with Crippen LogP contribution in [0.2, 0.25) is 0 Å². The standard InChI is InChI=1S/C14H19B/c1-10-11-7-5-6-8-13(11)15-9-12(10)14(2,3)4/h7-9,15H,1,5-6H2,2-4H3. The maximum Gasteiger partial charge on any atom is 0.183 e. The summed E-state index contributed by atoms with van der Waals surface area (Å²) in [5.41, 5.74) is 5.79. The molecule has 0 spiro atoms. The van der Waals surface area contributed by atoms with E-state index in [9.17, 15) is 0 Å². The summed E-state index contributed by atoms with van der Waals surface area (Å²) < 4.78 is 0. The van der Waals surface area contributed by atoms with Gasteiger partial charge in [0.25, 0.3) is 0 Å². The van der Waals surface area contributed by atoms with E-state index in [0.717, 1.165) is 7.28 Å². The van der Waals surface area contributed by atoms with Gasteiger partial charge in [-0.3, -0.25) is 0 Å². The van der Waals surface area contributed by atoms with Gasteiger partial charge in [-0.15, -0.1) is 5.98 Å². The highest BCUT2D eigenvalue weighted by Crippen LogP contribution is 2.40. The van der Waals surface area contributed by atoms with E-state index >= 15 is 0 Å². The van der Waals surface area contributed by atoms with E-state index in [-0.39, 0.29) is 5.41 Å². The average Bonchev–Trinajstić information content (AvgIpc) is 2.16. The summed E-state index contributed by atoms with van der Waals surface area (Å²) in [6.45, 7) is 11.1. The Morgan fingerprint density at radius 1 is 1.20 bits per heavy atom. The zero-order valence-corrected chi connectivity index (χ0v) is 10.1. The number of rotatable bonds is 0. The van der Waals surface area contributed by atoms with E-state index < -0.39 is 0 Å². The van der Waals surface area contributed by atoms with E-state index in [0.29, 0.717) is 0 Å². The molecule has 0 aromatic carbocycles. The summed E-state index contributed by atoms with van der Waals surface area (Å²) in [6.07, 6.45) is 7.10. The Morgan fingerprint density at radius 2 is 1.87 bits per heavy atom. The Labute approximate surface area is 93.7 Å². The van der Waals surface area contributed by atoms with Gasteiger partial charge in [-0.2, -0.15) is 0 Å². The largest absolute Gasteiger partial charge is 0.183 e. The molecule has 0 saturated carbocycles. The highest BCUT2D eigenvalue weighted by atomic mass is 14.3. The summed E-state index contributed by atoms with van der Waals surface area (Å²) in [5, 5.41) is 0. The van der Waals surface area contributed by atoms with Crippen molar-refractivity contribution in [1.82, 2.24) is 0 Å². The third-order valence-corrected chi connectivity index (χ3v) is 3.24. The second-order valence-corrected chi connectivity index (χ2v) is 5.47. The first kappa shape index (κ1) is 10.5. The van der Waals surface area contributed by atoms with Gasteiger partial charge in [-0.05, 0) is 35.0 Å². The molecule has 2 aliphatic rings. The molecule has 0 aromatic heterocycles. The minimum Gasteiger partial charge on any atom is -0.109 e. The molecule has 0 amide bonds. The van der Waals surface area contributed by atoms with Crippen LogP contribution in [0.15, 0.2) is 46.9 Å². The van der Waals surface area contributed by atoms with Gasteiger partial charge in [0.2, 0.25) is 0 Å². The smallest absolute Gasteiger partial charge is 0.109 e. The van der Waals surface area contributed by atoms with E-state index in [1.807, 2.05) is 0 Å². The summed E-state index contributed by atoms with van der Waals surface area (Å²) in [4.78, 5) is 0. The predicted octanol–water partition coefficient (Wildman–Crippen LogP) is 3.53. The topological polar surface area (TPSA) is 0 Å². The average molecular weight is 198 g/mol. The summed E-state index contributed by atoms with van der Waals surface area (Å²) in [7, 11) is 1.09. The molecule has 1 heteroatoms. The van der Waals surface area contributed by atoms with Crippen LogP contribution in [0.4, 0.5) is 0 Å². The van der Waals surface area contributed by atoms with Crippen molar-refractivity contribution in [2.24, 2.45) is 5.41 Å². The van der Waals surface area contributed by atoms with Crippen molar-refractivity contribution in [3.63, 3.8) is 0 Å². The monoisotopic (exact) mass is 198 g/mol. The number of hydrogen-bond donors (Lipinski definition) is 0. The molecule has 15 heavy (non-hydrogen) atoms. The molecule has 0 fully saturated rings. The van der Waals surface area contributed by atoms with Crippen LogP contribution in [0.1, 0.15) is 33.6 Å². The number of hydrogen-bond acceptors (Lipinski definition) is 0. The second-order valence-electron chi connectivity index (χ2n) is 5.47. The van der Waals surface area contributed by atoms with E-state index in [1.54, 1.807) is 0 Å². The molecular weight excluding hydrogens is 179 g/mol. The number of allylic oxidation sites excluding steroid dienone is 6. The van der Waals surface area contributed by atoms with Crippen molar-refractivity contribution in [1.29, 1.82) is 0 Å². The van der Waals surface area contributed by atoms with E-state index in [1.165, 1.54) is 35.0 Å². The Balaban J connectivity index is 2.41. The molecule has 78 valence electrons. The fourth-order valence-electron chi connectivity index (χ4n) is 2.48. The SMILES string of the molecule is C=C1C2=CCCC=C2BC=C1C(C)(C)C. The third kappa shape index (κ3) is 1.88. The van der Waals surface area contributed by atoms with Gasteiger partial charge in [0, 0.05) is 0 Å². The van der Waals surface area contributed by atoms with Crippen LogP contribution in [-0.4, -0.2) is 7.28 Å². The van der Waals surface area contributed by atoms with Gasteiger partial charge < -0.3 is 0 Å². The molecule has 0 saturated heterocycles. The molecule has 0 N–H and O–H groups in total. The van der Waals surface area contributed by atoms with Gasteiger partial charge >= 0.3 is 0 Å². The van der Waals surface area contributed by atoms with Crippen LogP contribution < -0.4 is 0 Å². The lowest BCUT2D eigenvalue weighted by Gasteiger charge is -2.32. The van der Waals surface area contributed by atoms with Crippen LogP contribution in [0.3, 0.4) is 0 Å². The zero-order chi connectivity index (χ0) is 11.1. The van der Waals surface area contributed by atoms with Crippen LogP contribution in [0.5, 0.6) is 0 Å². The van der Waals surface area contributed by atoms with Gasteiger partial charge in [-0.25, -0.2) is 0 Å². The molecule has 0 bridgehead atoms. The van der Waals surface area contributed by atoms with Gasteiger partial charge in [-0.1, -0.05) is 45.0 Å². The Hall–Kier alpha value is -0.975. The van der Waals surface area contributed by atoms with Crippen LogP contribution in [0, 0.1) is 5.41 Å². The first-order valence-electron chi connectivity index (χ1n) is 5.80. The second kappa shape index (κ2) is 3.55. The first-order chi connectivity index (χ1) is 7.00.